The van der Waals surface area contributed by atoms with Crippen molar-refractivity contribution in [1.82, 2.24) is 4.90 Å². The maximum atomic E-state index is 13.2. The van der Waals surface area contributed by atoms with Gasteiger partial charge in [0.15, 0.2) is 0 Å². The summed E-state index contributed by atoms with van der Waals surface area (Å²) in [5.74, 6) is -1.60. The summed E-state index contributed by atoms with van der Waals surface area (Å²) < 4.78 is 19.0. The van der Waals surface area contributed by atoms with E-state index in [0.29, 0.717) is 18.7 Å². The number of piperidine rings is 1. The van der Waals surface area contributed by atoms with Crippen LogP contribution in [0.4, 0.5) is 4.39 Å². The monoisotopic (exact) mass is 295 g/mol. The van der Waals surface area contributed by atoms with E-state index in [2.05, 4.69) is 11.8 Å². The largest absolute Gasteiger partial charge is 0.478 e. The van der Waals surface area contributed by atoms with Gasteiger partial charge in [-0.2, -0.15) is 0 Å². The van der Waals surface area contributed by atoms with Gasteiger partial charge in [0.2, 0.25) is 0 Å². The molecule has 4 nitrogen and oxygen atoms in total. The molecule has 0 aromatic heterocycles. The molecule has 0 saturated carbocycles. The van der Waals surface area contributed by atoms with E-state index in [9.17, 15) is 9.18 Å². The Balaban J connectivity index is 2.02. The van der Waals surface area contributed by atoms with Gasteiger partial charge < -0.3 is 9.84 Å². The van der Waals surface area contributed by atoms with Crippen molar-refractivity contribution >= 4 is 5.97 Å². The molecule has 1 heterocycles. The lowest BCUT2D eigenvalue weighted by atomic mass is 9.93. The molecule has 0 unspecified atom stereocenters. The minimum Gasteiger partial charge on any atom is -0.478 e. The van der Waals surface area contributed by atoms with Crippen LogP contribution in [0.3, 0.4) is 0 Å². The zero-order valence-corrected chi connectivity index (χ0v) is 12.6. The molecule has 0 spiro atoms. The summed E-state index contributed by atoms with van der Waals surface area (Å²) in [5, 5.41) is 9.17. The van der Waals surface area contributed by atoms with Crippen molar-refractivity contribution in [3.05, 3.63) is 35.1 Å². The van der Waals surface area contributed by atoms with Gasteiger partial charge in [0.1, 0.15) is 5.82 Å². The highest BCUT2D eigenvalue weighted by Crippen LogP contribution is 2.27. The number of benzene rings is 1. The molecule has 0 bridgehead atoms. The van der Waals surface area contributed by atoms with E-state index in [1.807, 2.05) is 6.92 Å². The lowest BCUT2D eigenvalue weighted by Crippen LogP contribution is -2.44. The third-order valence-corrected chi connectivity index (χ3v) is 4.10. The SMILES string of the molecule is CCOC1(C)CCN(Cc2ccc(F)cc2C(=O)O)CC1. The number of carboxylic acids is 1. The molecule has 1 aliphatic rings. The molecule has 5 heteroatoms. The van der Waals surface area contributed by atoms with Gasteiger partial charge in [-0.15, -0.1) is 0 Å². The van der Waals surface area contributed by atoms with Crippen LogP contribution in [0.1, 0.15) is 42.6 Å². The summed E-state index contributed by atoms with van der Waals surface area (Å²) in [6, 6.07) is 3.97. The Labute approximate surface area is 124 Å². The summed E-state index contributed by atoms with van der Waals surface area (Å²) in [5.41, 5.74) is 0.626. The van der Waals surface area contributed by atoms with E-state index < -0.39 is 11.8 Å². The van der Waals surface area contributed by atoms with Crippen LogP contribution in [0, 0.1) is 5.82 Å². The molecule has 1 aliphatic heterocycles. The van der Waals surface area contributed by atoms with Crippen molar-refractivity contribution in [2.24, 2.45) is 0 Å². The smallest absolute Gasteiger partial charge is 0.336 e. The van der Waals surface area contributed by atoms with Crippen molar-refractivity contribution < 1.29 is 19.0 Å². The average molecular weight is 295 g/mol. The number of ether oxygens (including phenoxy) is 1. The standard InChI is InChI=1S/C16H22FNO3/c1-3-21-16(2)6-8-18(9-7-16)11-12-4-5-13(17)10-14(12)15(19)20/h4-5,10H,3,6-9,11H2,1-2H3,(H,19,20). The molecule has 0 atom stereocenters. The lowest BCUT2D eigenvalue weighted by Gasteiger charge is -2.39. The van der Waals surface area contributed by atoms with Gasteiger partial charge in [-0.1, -0.05) is 6.07 Å². The van der Waals surface area contributed by atoms with Crippen LogP contribution in [0.25, 0.3) is 0 Å². The van der Waals surface area contributed by atoms with E-state index in [1.54, 1.807) is 6.07 Å². The van der Waals surface area contributed by atoms with Gasteiger partial charge in [0.05, 0.1) is 11.2 Å². The summed E-state index contributed by atoms with van der Waals surface area (Å²) in [6.45, 7) is 7.06. The minimum absolute atomic E-state index is 0.0492. The summed E-state index contributed by atoms with van der Waals surface area (Å²) in [4.78, 5) is 13.4. The Morgan fingerprint density at radius 3 is 2.67 bits per heavy atom. The molecule has 1 N–H and O–H groups in total. The molecule has 0 radical (unpaired) electrons. The predicted molar refractivity (Wildman–Crippen MR) is 77.9 cm³/mol. The van der Waals surface area contributed by atoms with Gasteiger partial charge in [-0.3, -0.25) is 4.90 Å². The van der Waals surface area contributed by atoms with E-state index in [0.717, 1.165) is 32.0 Å². The topological polar surface area (TPSA) is 49.8 Å². The van der Waals surface area contributed by atoms with Gasteiger partial charge >= 0.3 is 5.97 Å². The molecule has 1 aromatic rings. The first-order valence-corrected chi connectivity index (χ1v) is 7.31. The molecule has 1 fully saturated rings. The molecule has 2 rings (SSSR count). The maximum absolute atomic E-state index is 13.2. The Kier molecular flexibility index (Phi) is 4.96. The Hall–Kier alpha value is -1.46. The van der Waals surface area contributed by atoms with Crippen molar-refractivity contribution in [3.8, 4) is 0 Å². The van der Waals surface area contributed by atoms with Crippen LogP contribution in [-0.2, 0) is 11.3 Å². The molecule has 1 aromatic carbocycles. The Morgan fingerprint density at radius 1 is 1.43 bits per heavy atom. The third kappa shape index (κ3) is 4.02. The molecule has 0 aliphatic carbocycles. The Morgan fingerprint density at radius 2 is 2.10 bits per heavy atom. The first kappa shape index (κ1) is 15.9. The fourth-order valence-corrected chi connectivity index (χ4v) is 2.80. The quantitative estimate of drug-likeness (QED) is 0.907. The molecule has 116 valence electrons. The van der Waals surface area contributed by atoms with Crippen LogP contribution >= 0.6 is 0 Å². The number of aromatic carboxylic acids is 1. The van der Waals surface area contributed by atoms with E-state index in [-0.39, 0.29) is 11.2 Å². The average Bonchev–Trinajstić information content (AvgIpc) is 2.43. The van der Waals surface area contributed by atoms with Crippen LogP contribution < -0.4 is 0 Å². The lowest BCUT2D eigenvalue weighted by molar-refractivity contribution is -0.0669. The number of nitrogens with zero attached hydrogens (tertiary/aromatic N) is 1. The second kappa shape index (κ2) is 6.54. The number of likely N-dealkylation sites (tertiary alicyclic amines) is 1. The van der Waals surface area contributed by atoms with Crippen LogP contribution in [0.5, 0.6) is 0 Å². The number of hydrogen-bond donors (Lipinski definition) is 1. The summed E-state index contributed by atoms with van der Waals surface area (Å²) >= 11 is 0. The number of carboxylic acid groups (broad SMARTS) is 1. The zero-order chi connectivity index (χ0) is 15.5. The van der Waals surface area contributed by atoms with Crippen molar-refractivity contribution in [2.75, 3.05) is 19.7 Å². The van der Waals surface area contributed by atoms with E-state index in [1.165, 1.54) is 6.07 Å². The highest BCUT2D eigenvalue weighted by molar-refractivity contribution is 5.89. The number of carbonyl (C=O) groups is 1. The zero-order valence-electron chi connectivity index (χ0n) is 12.6. The first-order chi connectivity index (χ1) is 9.93. The van der Waals surface area contributed by atoms with E-state index in [4.69, 9.17) is 9.84 Å². The molecular weight excluding hydrogens is 273 g/mol. The first-order valence-electron chi connectivity index (χ1n) is 7.31. The maximum Gasteiger partial charge on any atom is 0.336 e. The second-order valence-corrected chi connectivity index (χ2v) is 5.77. The Bertz CT molecular complexity index is 510. The summed E-state index contributed by atoms with van der Waals surface area (Å²) in [7, 11) is 0. The van der Waals surface area contributed by atoms with Crippen molar-refractivity contribution in [2.45, 2.75) is 38.8 Å². The summed E-state index contributed by atoms with van der Waals surface area (Å²) in [6.07, 6.45) is 1.84. The number of halogens is 1. The van der Waals surface area contributed by atoms with Gasteiger partial charge in [0, 0.05) is 26.2 Å². The fourth-order valence-electron chi connectivity index (χ4n) is 2.80. The number of rotatable bonds is 5. The van der Waals surface area contributed by atoms with Crippen molar-refractivity contribution in [3.63, 3.8) is 0 Å². The van der Waals surface area contributed by atoms with Crippen LogP contribution in [0.15, 0.2) is 18.2 Å². The molecular formula is C16H22FNO3. The van der Waals surface area contributed by atoms with Crippen molar-refractivity contribution in [1.29, 1.82) is 0 Å². The fraction of sp³-hybridized carbons (Fsp3) is 0.562. The second-order valence-electron chi connectivity index (χ2n) is 5.77. The minimum atomic E-state index is -1.08. The van der Waals surface area contributed by atoms with Gasteiger partial charge in [-0.25, -0.2) is 9.18 Å². The molecule has 21 heavy (non-hydrogen) atoms. The van der Waals surface area contributed by atoms with Gasteiger partial charge in [0.25, 0.3) is 0 Å². The molecule has 1 saturated heterocycles. The normalized spacial score (nSPS) is 18.6. The number of hydrogen-bond acceptors (Lipinski definition) is 3. The molecule has 0 amide bonds. The predicted octanol–water partition coefficient (Wildman–Crippen LogP) is 2.91. The van der Waals surface area contributed by atoms with Crippen LogP contribution in [0.2, 0.25) is 0 Å². The highest BCUT2D eigenvalue weighted by atomic mass is 19.1. The van der Waals surface area contributed by atoms with E-state index >= 15 is 0 Å². The van der Waals surface area contributed by atoms with Crippen LogP contribution in [-0.4, -0.2) is 41.3 Å². The highest BCUT2D eigenvalue weighted by Gasteiger charge is 2.30. The van der Waals surface area contributed by atoms with Gasteiger partial charge in [-0.05, 0) is 44.4 Å². The third-order valence-electron chi connectivity index (χ3n) is 4.10.